The SMILES string of the molecule is CC1(C)CCCC1NS(=O)(=O)c1cnc(N)c(Cl)c1. The molecule has 1 unspecified atom stereocenters. The van der Waals surface area contributed by atoms with Crippen molar-refractivity contribution < 1.29 is 8.42 Å². The Kier molecular flexibility index (Phi) is 3.77. The Labute approximate surface area is 118 Å². The Balaban J connectivity index is 2.25. The second-order valence-corrected chi connectivity index (χ2v) is 7.71. The summed E-state index contributed by atoms with van der Waals surface area (Å²) in [6, 6.07) is 1.27. The lowest BCUT2D eigenvalue weighted by Gasteiger charge is -2.27. The molecule has 0 amide bonds. The molecule has 7 heteroatoms. The van der Waals surface area contributed by atoms with Gasteiger partial charge in [-0.1, -0.05) is 31.9 Å². The third-order valence-corrected chi connectivity index (χ3v) is 5.45. The van der Waals surface area contributed by atoms with Crippen molar-refractivity contribution in [3.05, 3.63) is 17.3 Å². The van der Waals surface area contributed by atoms with Crippen molar-refractivity contribution in [3.63, 3.8) is 0 Å². The lowest BCUT2D eigenvalue weighted by molar-refractivity contribution is 0.313. The monoisotopic (exact) mass is 303 g/mol. The van der Waals surface area contributed by atoms with Crippen molar-refractivity contribution in [1.82, 2.24) is 9.71 Å². The molecule has 0 aromatic carbocycles. The number of nitrogens with one attached hydrogen (secondary N) is 1. The lowest BCUT2D eigenvalue weighted by Crippen LogP contribution is -2.41. The van der Waals surface area contributed by atoms with Crippen molar-refractivity contribution in [3.8, 4) is 0 Å². The molecule has 19 heavy (non-hydrogen) atoms. The fourth-order valence-corrected chi connectivity index (χ4v) is 4.02. The average molecular weight is 304 g/mol. The summed E-state index contributed by atoms with van der Waals surface area (Å²) in [5, 5.41) is 0.147. The molecule has 1 fully saturated rings. The number of anilines is 1. The lowest BCUT2D eigenvalue weighted by atomic mass is 9.88. The fraction of sp³-hybridized carbons (Fsp3) is 0.583. The first-order valence-corrected chi connectivity index (χ1v) is 8.02. The molecular formula is C12H18ClN3O2S. The smallest absolute Gasteiger partial charge is 0.242 e. The van der Waals surface area contributed by atoms with Crippen LogP contribution in [0.2, 0.25) is 5.02 Å². The average Bonchev–Trinajstić information content (AvgIpc) is 2.61. The predicted molar refractivity (Wildman–Crippen MR) is 75.4 cm³/mol. The molecule has 1 aromatic heterocycles. The van der Waals surface area contributed by atoms with E-state index in [0.29, 0.717) is 0 Å². The van der Waals surface area contributed by atoms with E-state index >= 15 is 0 Å². The minimum Gasteiger partial charge on any atom is -0.382 e. The highest BCUT2D eigenvalue weighted by molar-refractivity contribution is 7.89. The van der Waals surface area contributed by atoms with Gasteiger partial charge in [0, 0.05) is 12.2 Å². The highest BCUT2D eigenvalue weighted by atomic mass is 35.5. The van der Waals surface area contributed by atoms with Gasteiger partial charge in [0.05, 0.1) is 5.02 Å². The van der Waals surface area contributed by atoms with E-state index in [1.54, 1.807) is 0 Å². The molecule has 5 nitrogen and oxygen atoms in total. The second-order valence-electron chi connectivity index (χ2n) is 5.59. The molecule has 106 valence electrons. The normalized spacial score (nSPS) is 22.6. The number of halogens is 1. The van der Waals surface area contributed by atoms with E-state index in [2.05, 4.69) is 23.6 Å². The van der Waals surface area contributed by atoms with Gasteiger partial charge in [-0.15, -0.1) is 0 Å². The molecule has 1 saturated carbocycles. The molecule has 1 atom stereocenters. The van der Waals surface area contributed by atoms with Crippen LogP contribution in [-0.4, -0.2) is 19.4 Å². The molecule has 0 bridgehead atoms. The van der Waals surface area contributed by atoms with Crippen molar-refractivity contribution in [2.45, 2.75) is 44.0 Å². The fourth-order valence-electron chi connectivity index (χ4n) is 2.38. The Bertz CT molecular complexity index is 587. The van der Waals surface area contributed by atoms with E-state index in [1.165, 1.54) is 12.3 Å². The molecule has 1 aromatic rings. The number of hydrogen-bond acceptors (Lipinski definition) is 4. The summed E-state index contributed by atoms with van der Waals surface area (Å²) in [6.45, 7) is 4.14. The van der Waals surface area contributed by atoms with Crippen LogP contribution in [0.3, 0.4) is 0 Å². The predicted octanol–water partition coefficient (Wildman–Crippen LogP) is 2.17. The zero-order valence-electron chi connectivity index (χ0n) is 11.0. The zero-order chi connectivity index (χ0) is 14.3. The number of nitrogen functional groups attached to an aromatic ring is 1. The summed E-state index contributed by atoms with van der Waals surface area (Å²) in [4.78, 5) is 3.83. The van der Waals surface area contributed by atoms with Crippen LogP contribution in [0.25, 0.3) is 0 Å². The summed E-state index contributed by atoms with van der Waals surface area (Å²) in [7, 11) is -3.61. The van der Waals surface area contributed by atoms with E-state index in [-0.39, 0.29) is 27.2 Å². The number of sulfonamides is 1. The number of nitrogens with zero attached hydrogens (tertiary/aromatic N) is 1. The third-order valence-electron chi connectivity index (χ3n) is 3.71. The summed E-state index contributed by atoms with van der Waals surface area (Å²) < 4.78 is 27.3. The Morgan fingerprint density at radius 3 is 2.74 bits per heavy atom. The van der Waals surface area contributed by atoms with E-state index in [1.807, 2.05) is 0 Å². The number of rotatable bonds is 3. The van der Waals surface area contributed by atoms with E-state index in [4.69, 9.17) is 17.3 Å². The first-order chi connectivity index (χ1) is 8.72. The molecule has 0 aliphatic heterocycles. The number of pyridine rings is 1. The van der Waals surface area contributed by atoms with Crippen LogP contribution in [0.15, 0.2) is 17.2 Å². The highest BCUT2D eigenvalue weighted by Crippen LogP contribution is 2.38. The Morgan fingerprint density at radius 1 is 1.53 bits per heavy atom. The molecule has 2 rings (SSSR count). The molecule has 0 spiro atoms. The minimum atomic E-state index is -3.61. The van der Waals surface area contributed by atoms with Gasteiger partial charge < -0.3 is 5.73 Å². The van der Waals surface area contributed by atoms with E-state index in [9.17, 15) is 8.42 Å². The van der Waals surface area contributed by atoms with Gasteiger partial charge in [0.2, 0.25) is 10.0 Å². The van der Waals surface area contributed by atoms with Crippen molar-refractivity contribution in [2.75, 3.05) is 5.73 Å². The maximum absolute atomic E-state index is 12.3. The summed E-state index contributed by atoms with van der Waals surface area (Å²) in [5.41, 5.74) is 5.45. The van der Waals surface area contributed by atoms with Crippen molar-refractivity contribution in [2.24, 2.45) is 5.41 Å². The summed E-state index contributed by atoms with van der Waals surface area (Å²) in [6.07, 6.45) is 4.12. The minimum absolute atomic E-state index is 0.0297. The number of aromatic nitrogens is 1. The Morgan fingerprint density at radius 2 is 2.21 bits per heavy atom. The number of nitrogens with two attached hydrogens (primary N) is 1. The standard InChI is InChI=1S/C12H18ClN3O2S/c1-12(2)5-3-4-10(12)16-19(17,18)8-6-9(13)11(14)15-7-8/h6-7,10,16H,3-5H2,1-2H3,(H2,14,15). The van der Waals surface area contributed by atoms with Gasteiger partial charge in [0.1, 0.15) is 10.7 Å². The van der Waals surface area contributed by atoms with Gasteiger partial charge in [-0.05, 0) is 24.3 Å². The highest BCUT2D eigenvalue weighted by Gasteiger charge is 2.37. The van der Waals surface area contributed by atoms with Gasteiger partial charge in [-0.25, -0.2) is 18.1 Å². The molecule has 1 aliphatic carbocycles. The number of hydrogen-bond donors (Lipinski definition) is 2. The zero-order valence-corrected chi connectivity index (χ0v) is 12.6. The van der Waals surface area contributed by atoms with Gasteiger partial charge >= 0.3 is 0 Å². The second kappa shape index (κ2) is 4.92. The maximum atomic E-state index is 12.3. The quantitative estimate of drug-likeness (QED) is 0.896. The van der Waals surface area contributed by atoms with E-state index in [0.717, 1.165) is 19.3 Å². The van der Waals surface area contributed by atoms with Crippen LogP contribution < -0.4 is 10.5 Å². The van der Waals surface area contributed by atoms with Crippen LogP contribution in [0.1, 0.15) is 33.1 Å². The van der Waals surface area contributed by atoms with Crippen LogP contribution in [0.4, 0.5) is 5.82 Å². The summed E-state index contributed by atoms with van der Waals surface area (Å²) >= 11 is 5.81. The van der Waals surface area contributed by atoms with Crippen molar-refractivity contribution >= 4 is 27.4 Å². The van der Waals surface area contributed by atoms with E-state index < -0.39 is 10.0 Å². The van der Waals surface area contributed by atoms with Crippen LogP contribution in [-0.2, 0) is 10.0 Å². The topological polar surface area (TPSA) is 85.1 Å². The third kappa shape index (κ3) is 3.01. The first-order valence-electron chi connectivity index (χ1n) is 6.16. The van der Waals surface area contributed by atoms with Crippen LogP contribution in [0.5, 0.6) is 0 Å². The molecule has 1 heterocycles. The van der Waals surface area contributed by atoms with Gasteiger partial charge in [0.25, 0.3) is 0 Å². The van der Waals surface area contributed by atoms with Gasteiger partial charge in [-0.2, -0.15) is 0 Å². The Hall–Kier alpha value is -0.850. The summed E-state index contributed by atoms with van der Waals surface area (Å²) in [5.74, 6) is 0.127. The molecule has 0 saturated heterocycles. The molecule has 0 radical (unpaired) electrons. The molecule has 3 N–H and O–H groups in total. The molecule has 1 aliphatic rings. The van der Waals surface area contributed by atoms with Crippen LogP contribution in [0, 0.1) is 5.41 Å². The van der Waals surface area contributed by atoms with Crippen molar-refractivity contribution in [1.29, 1.82) is 0 Å². The van der Waals surface area contributed by atoms with Gasteiger partial charge in [-0.3, -0.25) is 0 Å². The van der Waals surface area contributed by atoms with Gasteiger partial charge in [0.15, 0.2) is 0 Å². The first kappa shape index (κ1) is 14.6. The largest absolute Gasteiger partial charge is 0.382 e. The van der Waals surface area contributed by atoms with Crippen LogP contribution >= 0.6 is 11.6 Å². The maximum Gasteiger partial charge on any atom is 0.242 e. The molecular weight excluding hydrogens is 286 g/mol.